The molecule has 0 spiro atoms. The van der Waals surface area contributed by atoms with Crippen LogP contribution in [0.2, 0.25) is 10.0 Å². The molecule has 26 heavy (non-hydrogen) atoms. The molecule has 7 heteroatoms. The van der Waals surface area contributed by atoms with Crippen LogP contribution in [0.25, 0.3) is 0 Å². The Kier molecular flexibility index (Phi) is 8.71. The van der Waals surface area contributed by atoms with Crippen LogP contribution in [0, 0.1) is 0 Å². The van der Waals surface area contributed by atoms with E-state index in [1.165, 1.54) is 0 Å². The average Bonchev–Trinajstić information content (AvgIpc) is 2.66. The minimum absolute atomic E-state index is 0.249. The fraction of sp³-hybridized carbons (Fsp3) is 0.316. The number of nitrogens with one attached hydrogen (secondary N) is 2. The Bertz CT molecular complexity index is 698. The number of hydrogen-bond donors (Lipinski definition) is 2. The second-order valence-corrected chi connectivity index (χ2v) is 6.28. The minimum Gasteiger partial charge on any atom is -0.474 e. The van der Waals surface area contributed by atoms with E-state index in [2.05, 4.69) is 10.6 Å². The molecule has 0 fully saturated rings. The van der Waals surface area contributed by atoms with Gasteiger partial charge in [-0.2, -0.15) is 0 Å². The highest BCUT2D eigenvalue weighted by atomic mass is 35.5. The first kappa shape index (κ1) is 20.5. The number of ether oxygens (including phenoxy) is 2. The molecule has 0 heterocycles. The van der Waals surface area contributed by atoms with Crippen molar-refractivity contribution in [3.63, 3.8) is 0 Å². The van der Waals surface area contributed by atoms with Crippen LogP contribution in [0.15, 0.2) is 48.5 Å². The zero-order chi connectivity index (χ0) is 18.8. The summed E-state index contributed by atoms with van der Waals surface area (Å²) in [5, 5.41) is 6.69. The fourth-order valence-corrected chi connectivity index (χ4v) is 2.61. The van der Waals surface area contributed by atoms with Crippen molar-refractivity contribution >= 4 is 29.1 Å². The van der Waals surface area contributed by atoms with Crippen LogP contribution >= 0.6 is 23.2 Å². The third-order valence-corrected chi connectivity index (χ3v) is 4.39. The molecule has 0 bridgehead atoms. The maximum atomic E-state index is 12.7. The Morgan fingerprint density at radius 3 is 2.54 bits per heavy atom. The van der Waals surface area contributed by atoms with E-state index in [4.69, 9.17) is 32.7 Å². The summed E-state index contributed by atoms with van der Waals surface area (Å²) in [5.41, 5.74) is 0.730. The largest absolute Gasteiger partial charge is 0.474 e. The molecule has 0 saturated carbocycles. The molecular weight excluding hydrogens is 375 g/mol. The number of hydrogen-bond acceptors (Lipinski definition) is 4. The van der Waals surface area contributed by atoms with Crippen LogP contribution in [0.3, 0.4) is 0 Å². The van der Waals surface area contributed by atoms with Crippen molar-refractivity contribution in [3.05, 3.63) is 64.1 Å². The van der Waals surface area contributed by atoms with Gasteiger partial charge in [-0.1, -0.05) is 59.6 Å². The van der Waals surface area contributed by atoms with Crippen molar-refractivity contribution in [2.45, 2.75) is 6.10 Å². The molecule has 0 radical (unpaired) electrons. The number of benzene rings is 2. The van der Waals surface area contributed by atoms with E-state index in [0.29, 0.717) is 30.5 Å². The predicted molar refractivity (Wildman–Crippen MR) is 104 cm³/mol. The highest BCUT2D eigenvalue weighted by Gasteiger charge is 2.23. The molecule has 2 N–H and O–H groups in total. The van der Waals surface area contributed by atoms with Gasteiger partial charge in [0.05, 0.1) is 11.6 Å². The zero-order valence-corrected chi connectivity index (χ0v) is 16.0. The molecule has 1 unspecified atom stereocenters. The molecule has 1 amide bonds. The monoisotopic (exact) mass is 396 g/mol. The molecular formula is C19H22Cl2N2O3. The summed E-state index contributed by atoms with van der Waals surface area (Å²) >= 11 is 12.2. The van der Waals surface area contributed by atoms with E-state index in [0.717, 1.165) is 12.1 Å². The third kappa shape index (κ3) is 6.18. The molecule has 0 saturated heterocycles. The first-order chi connectivity index (χ1) is 12.6. The molecule has 0 aliphatic rings. The summed E-state index contributed by atoms with van der Waals surface area (Å²) in [6.45, 7) is 2.45. The Balaban J connectivity index is 2.04. The molecule has 2 aromatic carbocycles. The number of carbonyl (C=O) groups excluding carboxylic acids is 1. The Morgan fingerprint density at radius 1 is 1.04 bits per heavy atom. The SMILES string of the molecule is COCCNCCNC(=O)C(Oc1cccc(Cl)c1Cl)c1ccccc1. The van der Waals surface area contributed by atoms with Crippen molar-refractivity contribution < 1.29 is 14.3 Å². The zero-order valence-electron chi connectivity index (χ0n) is 14.5. The van der Waals surface area contributed by atoms with Gasteiger partial charge in [0.1, 0.15) is 10.8 Å². The summed E-state index contributed by atoms with van der Waals surface area (Å²) in [5.74, 6) is 0.113. The van der Waals surface area contributed by atoms with Crippen molar-refractivity contribution in [1.82, 2.24) is 10.6 Å². The lowest BCUT2D eigenvalue weighted by Crippen LogP contribution is -2.37. The van der Waals surface area contributed by atoms with Crippen LogP contribution in [0.4, 0.5) is 0 Å². The van der Waals surface area contributed by atoms with Gasteiger partial charge in [0, 0.05) is 32.3 Å². The smallest absolute Gasteiger partial charge is 0.265 e. The van der Waals surface area contributed by atoms with Gasteiger partial charge >= 0.3 is 0 Å². The Labute approximate surface area is 163 Å². The van der Waals surface area contributed by atoms with Crippen molar-refractivity contribution in [3.8, 4) is 5.75 Å². The van der Waals surface area contributed by atoms with Gasteiger partial charge in [-0.05, 0) is 12.1 Å². The second-order valence-electron chi connectivity index (χ2n) is 5.49. The maximum Gasteiger partial charge on any atom is 0.265 e. The van der Waals surface area contributed by atoms with E-state index >= 15 is 0 Å². The minimum atomic E-state index is -0.828. The molecule has 1 atom stereocenters. The molecule has 2 rings (SSSR count). The van der Waals surface area contributed by atoms with Crippen molar-refractivity contribution in [2.24, 2.45) is 0 Å². The molecule has 0 aliphatic carbocycles. The second kappa shape index (κ2) is 11.0. The molecule has 0 aromatic heterocycles. The maximum absolute atomic E-state index is 12.7. The van der Waals surface area contributed by atoms with Gasteiger partial charge in [-0.3, -0.25) is 4.79 Å². The lowest BCUT2D eigenvalue weighted by molar-refractivity contribution is -0.128. The molecule has 5 nitrogen and oxygen atoms in total. The average molecular weight is 397 g/mol. The highest BCUT2D eigenvalue weighted by Crippen LogP contribution is 2.34. The summed E-state index contributed by atoms with van der Waals surface area (Å²) in [6, 6.07) is 14.3. The summed E-state index contributed by atoms with van der Waals surface area (Å²) < 4.78 is 10.9. The Morgan fingerprint density at radius 2 is 1.81 bits per heavy atom. The first-order valence-corrected chi connectivity index (χ1v) is 9.02. The van der Waals surface area contributed by atoms with E-state index < -0.39 is 6.10 Å². The normalized spacial score (nSPS) is 11.8. The number of methoxy groups -OCH3 is 1. The van der Waals surface area contributed by atoms with Gasteiger partial charge in [0.15, 0.2) is 0 Å². The van der Waals surface area contributed by atoms with Gasteiger partial charge in [0.25, 0.3) is 5.91 Å². The number of amides is 1. The predicted octanol–water partition coefficient (Wildman–Crippen LogP) is 3.47. The van der Waals surface area contributed by atoms with Crippen LogP contribution in [0.5, 0.6) is 5.75 Å². The van der Waals surface area contributed by atoms with E-state index in [9.17, 15) is 4.79 Å². The van der Waals surface area contributed by atoms with E-state index in [1.807, 2.05) is 30.3 Å². The lowest BCUT2D eigenvalue weighted by Gasteiger charge is -2.20. The van der Waals surface area contributed by atoms with Crippen LogP contribution in [-0.2, 0) is 9.53 Å². The van der Waals surface area contributed by atoms with Gasteiger partial charge < -0.3 is 20.1 Å². The van der Waals surface area contributed by atoms with Crippen LogP contribution in [0.1, 0.15) is 11.7 Å². The van der Waals surface area contributed by atoms with Crippen LogP contribution < -0.4 is 15.4 Å². The lowest BCUT2D eigenvalue weighted by atomic mass is 10.1. The van der Waals surface area contributed by atoms with Gasteiger partial charge in [-0.25, -0.2) is 0 Å². The quantitative estimate of drug-likeness (QED) is 0.603. The summed E-state index contributed by atoms with van der Waals surface area (Å²) in [6.07, 6.45) is -0.828. The highest BCUT2D eigenvalue weighted by molar-refractivity contribution is 6.42. The molecule has 140 valence electrons. The summed E-state index contributed by atoms with van der Waals surface area (Å²) in [7, 11) is 1.65. The van der Waals surface area contributed by atoms with Crippen LogP contribution in [-0.4, -0.2) is 39.3 Å². The first-order valence-electron chi connectivity index (χ1n) is 8.26. The fourth-order valence-electron chi connectivity index (χ4n) is 2.27. The van der Waals surface area contributed by atoms with E-state index in [1.54, 1.807) is 25.3 Å². The van der Waals surface area contributed by atoms with Crippen molar-refractivity contribution in [1.29, 1.82) is 0 Å². The summed E-state index contributed by atoms with van der Waals surface area (Å²) in [4.78, 5) is 12.7. The number of carbonyl (C=O) groups is 1. The van der Waals surface area contributed by atoms with Gasteiger partial charge in [0.2, 0.25) is 6.10 Å². The third-order valence-electron chi connectivity index (χ3n) is 3.59. The van der Waals surface area contributed by atoms with Crippen molar-refractivity contribution in [2.75, 3.05) is 33.4 Å². The standard InChI is InChI=1S/C19H22Cl2N2O3/c1-25-13-12-22-10-11-23-19(24)18(14-6-3-2-4-7-14)26-16-9-5-8-15(20)17(16)21/h2-9,18,22H,10-13H2,1H3,(H,23,24). The van der Waals surface area contributed by atoms with E-state index in [-0.39, 0.29) is 10.9 Å². The topological polar surface area (TPSA) is 59.6 Å². The molecule has 0 aliphatic heterocycles. The Hall–Kier alpha value is -1.79. The van der Waals surface area contributed by atoms with Gasteiger partial charge in [-0.15, -0.1) is 0 Å². The number of rotatable bonds is 10. The number of halogens is 2. The molecule has 2 aromatic rings.